The van der Waals surface area contributed by atoms with E-state index in [-0.39, 0.29) is 18.1 Å². The predicted octanol–water partition coefficient (Wildman–Crippen LogP) is 2.51. The van der Waals surface area contributed by atoms with E-state index in [1.165, 1.54) is 0 Å². The Morgan fingerprint density at radius 3 is 3.13 bits per heavy atom. The molecule has 0 aliphatic carbocycles. The van der Waals surface area contributed by atoms with Crippen molar-refractivity contribution in [3.05, 3.63) is 47.5 Å². The Balaban J connectivity index is 1.53. The van der Waals surface area contributed by atoms with Crippen LogP contribution in [0.3, 0.4) is 0 Å². The molecule has 0 unspecified atom stereocenters. The van der Waals surface area contributed by atoms with E-state index in [9.17, 15) is 4.79 Å². The predicted molar refractivity (Wildman–Crippen MR) is 86.7 cm³/mol. The minimum atomic E-state index is -0.0447. The first-order valence-electron chi connectivity index (χ1n) is 8.24. The Bertz CT molecular complexity index is 752. The lowest BCUT2D eigenvalue weighted by Crippen LogP contribution is -2.41. The van der Waals surface area contributed by atoms with Crippen LogP contribution in [-0.4, -0.2) is 27.6 Å². The van der Waals surface area contributed by atoms with E-state index in [1.54, 1.807) is 0 Å². The normalized spacial score (nSPS) is 25.4. The number of rotatable bonds is 2. The van der Waals surface area contributed by atoms with Gasteiger partial charge in [0.15, 0.2) is 0 Å². The summed E-state index contributed by atoms with van der Waals surface area (Å²) in [5, 5.41) is 3.16. The number of aromatic nitrogens is 2. The molecule has 2 aliphatic rings. The number of aryl methyl sites for hydroxylation is 1. The first-order valence-corrected chi connectivity index (χ1v) is 8.24. The van der Waals surface area contributed by atoms with E-state index >= 15 is 0 Å². The molecule has 5 nitrogen and oxygen atoms in total. The molecule has 2 aliphatic heterocycles. The monoisotopic (exact) mass is 311 g/mol. The first-order chi connectivity index (χ1) is 11.1. The minimum absolute atomic E-state index is 0.0447. The molecular formula is C18H21N3O2. The van der Waals surface area contributed by atoms with Crippen LogP contribution in [0.5, 0.6) is 5.75 Å². The number of carbonyl (C=O) groups is 1. The molecule has 2 aromatic rings. The van der Waals surface area contributed by atoms with Crippen molar-refractivity contribution < 1.29 is 9.53 Å². The standard InChI is InChI=1S/C18H21N3O2/c1-11-12(2)23-17-14(11)4-3-5-15(17)18(22)20-13-6-7-16-19-8-9-21(16)10-13/h3-5,8-9,11-13H,6-7,10H2,1-2H3,(H,20,22)/t11-,12+,13-/m1/s1. The van der Waals surface area contributed by atoms with E-state index in [0.29, 0.717) is 11.5 Å². The smallest absolute Gasteiger partial charge is 0.255 e. The Morgan fingerprint density at radius 2 is 2.26 bits per heavy atom. The third-order valence-corrected chi connectivity index (χ3v) is 5.06. The molecule has 5 heteroatoms. The van der Waals surface area contributed by atoms with Crippen molar-refractivity contribution in [3.63, 3.8) is 0 Å². The van der Waals surface area contributed by atoms with Crippen LogP contribution in [0.15, 0.2) is 30.6 Å². The lowest BCUT2D eigenvalue weighted by atomic mass is 9.96. The Kier molecular flexibility index (Phi) is 3.36. The average molecular weight is 311 g/mol. The van der Waals surface area contributed by atoms with Gasteiger partial charge in [0.1, 0.15) is 17.7 Å². The number of nitrogens with one attached hydrogen (secondary N) is 1. The third-order valence-electron chi connectivity index (χ3n) is 5.06. The second-order valence-electron chi connectivity index (χ2n) is 6.54. The number of nitrogens with zero attached hydrogens (tertiary/aromatic N) is 2. The second kappa shape index (κ2) is 5.41. The van der Waals surface area contributed by atoms with Gasteiger partial charge in [0, 0.05) is 42.9 Å². The number of ether oxygens (including phenoxy) is 1. The van der Waals surface area contributed by atoms with Gasteiger partial charge in [0.25, 0.3) is 5.91 Å². The van der Waals surface area contributed by atoms with Crippen molar-refractivity contribution in [1.29, 1.82) is 0 Å². The maximum atomic E-state index is 12.7. The molecule has 0 fully saturated rings. The van der Waals surface area contributed by atoms with Crippen molar-refractivity contribution in [2.24, 2.45) is 0 Å². The number of hydrogen-bond acceptors (Lipinski definition) is 3. The van der Waals surface area contributed by atoms with Crippen LogP contribution in [0.25, 0.3) is 0 Å². The third kappa shape index (κ3) is 2.40. The van der Waals surface area contributed by atoms with Crippen molar-refractivity contribution in [2.45, 2.75) is 51.3 Å². The van der Waals surface area contributed by atoms with Gasteiger partial charge in [-0.2, -0.15) is 0 Å². The van der Waals surface area contributed by atoms with Gasteiger partial charge in [-0.3, -0.25) is 4.79 Å². The summed E-state index contributed by atoms with van der Waals surface area (Å²) >= 11 is 0. The zero-order chi connectivity index (χ0) is 16.0. The molecule has 23 heavy (non-hydrogen) atoms. The van der Waals surface area contributed by atoms with Crippen molar-refractivity contribution in [1.82, 2.24) is 14.9 Å². The van der Waals surface area contributed by atoms with Crippen molar-refractivity contribution in [2.75, 3.05) is 0 Å². The lowest BCUT2D eigenvalue weighted by molar-refractivity contribution is 0.0922. The number of benzene rings is 1. The number of para-hydroxylation sites is 1. The molecule has 3 heterocycles. The maximum Gasteiger partial charge on any atom is 0.255 e. The van der Waals surface area contributed by atoms with Crippen molar-refractivity contribution >= 4 is 5.91 Å². The van der Waals surface area contributed by atoms with E-state index in [1.807, 2.05) is 31.5 Å². The molecular weight excluding hydrogens is 290 g/mol. The zero-order valence-electron chi connectivity index (χ0n) is 13.5. The summed E-state index contributed by atoms with van der Waals surface area (Å²) in [5.74, 6) is 2.13. The van der Waals surface area contributed by atoms with Crippen LogP contribution >= 0.6 is 0 Å². The van der Waals surface area contributed by atoms with Crippen LogP contribution in [0.1, 0.15) is 47.9 Å². The summed E-state index contributed by atoms with van der Waals surface area (Å²) in [6.45, 7) is 4.97. The fourth-order valence-corrected chi connectivity index (χ4v) is 3.51. The quantitative estimate of drug-likeness (QED) is 0.927. The summed E-state index contributed by atoms with van der Waals surface area (Å²) in [7, 11) is 0. The Morgan fingerprint density at radius 1 is 1.39 bits per heavy atom. The zero-order valence-corrected chi connectivity index (χ0v) is 13.5. The highest BCUT2D eigenvalue weighted by Gasteiger charge is 2.31. The minimum Gasteiger partial charge on any atom is -0.489 e. The van der Waals surface area contributed by atoms with Gasteiger partial charge in [0.05, 0.1) is 5.56 Å². The van der Waals surface area contributed by atoms with E-state index in [2.05, 4.69) is 27.9 Å². The van der Waals surface area contributed by atoms with E-state index < -0.39 is 0 Å². The topological polar surface area (TPSA) is 56.1 Å². The van der Waals surface area contributed by atoms with Crippen LogP contribution in [0, 0.1) is 0 Å². The molecule has 0 bridgehead atoms. The number of hydrogen-bond donors (Lipinski definition) is 1. The SMILES string of the molecule is C[C@@H]1Oc2c(C(=O)N[C@@H]3CCc4nccn4C3)cccc2[C@@H]1C. The summed E-state index contributed by atoms with van der Waals surface area (Å²) in [5.41, 5.74) is 1.78. The van der Waals surface area contributed by atoms with Gasteiger partial charge in [-0.15, -0.1) is 0 Å². The number of fused-ring (bicyclic) bond motifs is 2. The highest BCUT2D eigenvalue weighted by atomic mass is 16.5. The molecule has 120 valence electrons. The summed E-state index contributed by atoms with van der Waals surface area (Å²) < 4.78 is 8.04. The molecule has 0 spiro atoms. The van der Waals surface area contributed by atoms with Gasteiger partial charge >= 0.3 is 0 Å². The lowest BCUT2D eigenvalue weighted by Gasteiger charge is -2.25. The van der Waals surface area contributed by atoms with Crippen LogP contribution in [-0.2, 0) is 13.0 Å². The largest absolute Gasteiger partial charge is 0.489 e. The molecule has 0 saturated heterocycles. The second-order valence-corrected chi connectivity index (χ2v) is 6.54. The fourth-order valence-electron chi connectivity index (χ4n) is 3.51. The van der Waals surface area contributed by atoms with Gasteiger partial charge in [-0.1, -0.05) is 19.1 Å². The Labute approximate surface area is 135 Å². The molecule has 4 rings (SSSR count). The fraction of sp³-hybridized carbons (Fsp3) is 0.444. The molecule has 1 aromatic carbocycles. The molecule has 3 atom stereocenters. The first kappa shape index (κ1) is 14.3. The highest BCUT2D eigenvalue weighted by molar-refractivity contribution is 5.97. The van der Waals surface area contributed by atoms with Gasteiger partial charge in [0.2, 0.25) is 0 Å². The van der Waals surface area contributed by atoms with Crippen LogP contribution in [0.2, 0.25) is 0 Å². The van der Waals surface area contributed by atoms with Crippen LogP contribution in [0.4, 0.5) is 0 Å². The summed E-state index contributed by atoms with van der Waals surface area (Å²) in [4.78, 5) is 17.0. The van der Waals surface area contributed by atoms with Gasteiger partial charge < -0.3 is 14.6 Å². The van der Waals surface area contributed by atoms with Crippen LogP contribution < -0.4 is 10.1 Å². The summed E-state index contributed by atoms with van der Waals surface area (Å²) in [6, 6.07) is 5.99. The summed E-state index contributed by atoms with van der Waals surface area (Å²) in [6.07, 6.45) is 5.73. The Hall–Kier alpha value is -2.30. The maximum absolute atomic E-state index is 12.7. The molecule has 1 N–H and O–H groups in total. The van der Waals surface area contributed by atoms with Gasteiger partial charge in [-0.05, 0) is 19.4 Å². The van der Waals surface area contributed by atoms with Crippen molar-refractivity contribution in [3.8, 4) is 5.75 Å². The molecule has 1 amide bonds. The highest BCUT2D eigenvalue weighted by Crippen LogP contribution is 2.40. The van der Waals surface area contributed by atoms with E-state index in [4.69, 9.17) is 4.74 Å². The molecule has 1 aromatic heterocycles. The number of imidazole rings is 1. The van der Waals surface area contributed by atoms with E-state index in [0.717, 1.165) is 36.5 Å². The number of carbonyl (C=O) groups excluding carboxylic acids is 1. The van der Waals surface area contributed by atoms with Gasteiger partial charge in [-0.25, -0.2) is 4.98 Å². The number of amides is 1. The average Bonchev–Trinajstić information content (AvgIpc) is 3.12. The molecule has 0 saturated carbocycles. The molecule has 0 radical (unpaired) electrons.